The maximum Gasteiger partial charge on any atom is 0.417 e. The molecule has 0 bridgehead atoms. The standard InChI is InChI=1S/C15H14ClF3N2O3/c16-11-3-1-9(7-10(11)15(17,18)19)2-4-13(22)21-5-6-24-12(8-21)14(20)23/h1-4,7,12H,5-6,8H2,(H2,20,23). The molecule has 1 atom stereocenters. The minimum atomic E-state index is -4.58. The molecule has 1 unspecified atom stereocenters. The summed E-state index contributed by atoms with van der Waals surface area (Å²) in [6.45, 7) is 0.431. The first-order valence-electron chi connectivity index (χ1n) is 6.93. The smallest absolute Gasteiger partial charge is 0.367 e. The van der Waals surface area contributed by atoms with Gasteiger partial charge in [-0.3, -0.25) is 9.59 Å². The average Bonchev–Trinajstić information content (AvgIpc) is 2.52. The van der Waals surface area contributed by atoms with Crippen LogP contribution >= 0.6 is 11.6 Å². The van der Waals surface area contributed by atoms with Crippen molar-refractivity contribution in [1.29, 1.82) is 0 Å². The van der Waals surface area contributed by atoms with Crippen LogP contribution in [0.5, 0.6) is 0 Å². The second kappa shape index (κ2) is 7.23. The molecule has 1 saturated heterocycles. The summed E-state index contributed by atoms with van der Waals surface area (Å²) in [4.78, 5) is 24.5. The van der Waals surface area contributed by atoms with E-state index in [4.69, 9.17) is 22.1 Å². The van der Waals surface area contributed by atoms with Gasteiger partial charge in [-0.25, -0.2) is 0 Å². The number of ether oxygens (including phenoxy) is 1. The molecular formula is C15H14ClF3N2O3. The summed E-state index contributed by atoms with van der Waals surface area (Å²) in [6, 6.07) is 3.34. The van der Waals surface area contributed by atoms with Crippen molar-refractivity contribution in [1.82, 2.24) is 4.90 Å². The quantitative estimate of drug-likeness (QED) is 0.837. The van der Waals surface area contributed by atoms with Gasteiger partial charge in [-0.15, -0.1) is 0 Å². The fourth-order valence-electron chi connectivity index (χ4n) is 2.16. The predicted molar refractivity (Wildman–Crippen MR) is 81.0 cm³/mol. The maximum absolute atomic E-state index is 12.8. The number of hydrogen-bond acceptors (Lipinski definition) is 3. The minimum Gasteiger partial charge on any atom is -0.367 e. The van der Waals surface area contributed by atoms with Gasteiger partial charge in [0.15, 0.2) is 6.10 Å². The predicted octanol–water partition coefficient (Wildman–Crippen LogP) is 2.08. The van der Waals surface area contributed by atoms with Crippen molar-refractivity contribution in [3.8, 4) is 0 Å². The lowest BCUT2D eigenvalue weighted by atomic mass is 10.1. The molecule has 0 spiro atoms. The number of primary amides is 1. The molecule has 5 nitrogen and oxygen atoms in total. The third-order valence-electron chi connectivity index (χ3n) is 3.41. The Balaban J connectivity index is 2.10. The molecule has 2 rings (SSSR count). The molecule has 24 heavy (non-hydrogen) atoms. The summed E-state index contributed by atoms with van der Waals surface area (Å²) in [5.41, 5.74) is 4.33. The highest BCUT2D eigenvalue weighted by atomic mass is 35.5. The zero-order chi connectivity index (χ0) is 17.9. The highest BCUT2D eigenvalue weighted by molar-refractivity contribution is 6.31. The van der Waals surface area contributed by atoms with Crippen LogP contribution < -0.4 is 5.73 Å². The lowest BCUT2D eigenvalue weighted by molar-refractivity contribution is -0.142. The Morgan fingerprint density at radius 3 is 2.71 bits per heavy atom. The van der Waals surface area contributed by atoms with Crippen LogP contribution in [-0.4, -0.2) is 42.5 Å². The van der Waals surface area contributed by atoms with Gasteiger partial charge in [-0.2, -0.15) is 13.2 Å². The number of benzene rings is 1. The Morgan fingerprint density at radius 2 is 2.08 bits per heavy atom. The van der Waals surface area contributed by atoms with Crippen LogP contribution in [0.25, 0.3) is 6.08 Å². The van der Waals surface area contributed by atoms with Crippen LogP contribution in [0.3, 0.4) is 0 Å². The van der Waals surface area contributed by atoms with E-state index in [0.29, 0.717) is 0 Å². The van der Waals surface area contributed by atoms with Gasteiger partial charge in [-0.05, 0) is 23.8 Å². The fraction of sp³-hybridized carbons (Fsp3) is 0.333. The first-order valence-corrected chi connectivity index (χ1v) is 7.31. The summed E-state index contributed by atoms with van der Waals surface area (Å²) in [6.07, 6.45) is -3.08. The van der Waals surface area contributed by atoms with E-state index in [1.165, 1.54) is 17.0 Å². The van der Waals surface area contributed by atoms with Gasteiger partial charge in [-0.1, -0.05) is 17.7 Å². The molecule has 1 heterocycles. The van der Waals surface area contributed by atoms with Gasteiger partial charge < -0.3 is 15.4 Å². The lowest BCUT2D eigenvalue weighted by Crippen LogP contribution is -2.50. The molecule has 1 aromatic rings. The first-order chi connectivity index (χ1) is 11.2. The molecular weight excluding hydrogens is 349 g/mol. The summed E-state index contributed by atoms with van der Waals surface area (Å²) in [5, 5.41) is -0.413. The van der Waals surface area contributed by atoms with E-state index in [-0.39, 0.29) is 25.3 Å². The molecule has 130 valence electrons. The summed E-state index contributed by atoms with van der Waals surface area (Å²) >= 11 is 5.53. The van der Waals surface area contributed by atoms with Crippen LogP contribution in [0, 0.1) is 0 Å². The van der Waals surface area contributed by atoms with Gasteiger partial charge in [0, 0.05) is 12.6 Å². The van der Waals surface area contributed by atoms with Crippen LogP contribution in [0.1, 0.15) is 11.1 Å². The molecule has 0 saturated carbocycles. The molecule has 1 aliphatic heterocycles. The van der Waals surface area contributed by atoms with Crippen molar-refractivity contribution in [2.24, 2.45) is 5.73 Å². The number of carbonyl (C=O) groups excluding carboxylic acids is 2. The summed E-state index contributed by atoms with van der Waals surface area (Å²) in [5.74, 6) is -1.13. The Kier molecular flexibility index (Phi) is 5.51. The second-order valence-electron chi connectivity index (χ2n) is 5.12. The minimum absolute atomic E-state index is 0.00687. The number of amides is 2. The van der Waals surface area contributed by atoms with Gasteiger partial charge in [0.1, 0.15) is 0 Å². The van der Waals surface area contributed by atoms with E-state index < -0.39 is 34.7 Å². The van der Waals surface area contributed by atoms with Gasteiger partial charge in [0.25, 0.3) is 0 Å². The van der Waals surface area contributed by atoms with Crippen LogP contribution in [0.4, 0.5) is 13.2 Å². The van der Waals surface area contributed by atoms with Crippen molar-refractivity contribution < 1.29 is 27.5 Å². The van der Waals surface area contributed by atoms with E-state index in [1.807, 2.05) is 0 Å². The lowest BCUT2D eigenvalue weighted by Gasteiger charge is -2.30. The monoisotopic (exact) mass is 362 g/mol. The van der Waals surface area contributed by atoms with E-state index >= 15 is 0 Å². The van der Waals surface area contributed by atoms with E-state index in [9.17, 15) is 22.8 Å². The number of morpholine rings is 1. The van der Waals surface area contributed by atoms with Crippen molar-refractivity contribution in [3.63, 3.8) is 0 Å². The molecule has 9 heteroatoms. The molecule has 0 aliphatic carbocycles. The van der Waals surface area contributed by atoms with Gasteiger partial charge in [0.05, 0.1) is 23.7 Å². The molecule has 0 aromatic heterocycles. The first kappa shape index (κ1) is 18.3. The van der Waals surface area contributed by atoms with Crippen LogP contribution in [-0.2, 0) is 20.5 Å². The number of nitrogens with zero attached hydrogens (tertiary/aromatic N) is 1. The Labute approximate surface area is 140 Å². The zero-order valence-electron chi connectivity index (χ0n) is 12.3. The molecule has 2 N–H and O–H groups in total. The van der Waals surface area contributed by atoms with E-state index in [1.54, 1.807) is 0 Å². The maximum atomic E-state index is 12.8. The van der Waals surface area contributed by atoms with Crippen molar-refractivity contribution >= 4 is 29.5 Å². The second-order valence-corrected chi connectivity index (χ2v) is 5.52. The fourth-order valence-corrected chi connectivity index (χ4v) is 2.38. The molecule has 1 fully saturated rings. The molecule has 1 aliphatic rings. The number of rotatable bonds is 3. The third-order valence-corrected chi connectivity index (χ3v) is 3.74. The van der Waals surface area contributed by atoms with Gasteiger partial charge in [0.2, 0.25) is 11.8 Å². The zero-order valence-corrected chi connectivity index (χ0v) is 13.1. The summed E-state index contributed by atoms with van der Waals surface area (Å²) < 4.78 is 43.5. The number of halogens is 4. The Hall–Kier alpha value is -2.06. The van der Waals surface area contributed by atoms with Crippen LogP contribution in [0.15, 0.2) is 24.3 Å². The highest BCUT2D eigenvalue weighted by Gasteiger charge is 2.33. The van der Waals surface area contributed by atoms with Crippen LogP contribution in [0.2, 0.25) is 5.02 Å². The number of hydrogen-bond donors (Lipinski definition) is 1. The van der Waals surface area contributed by atoms with Crippen molar-refractivity contribution in [3.05, 3.63) is 40.4 Å². The Morgan fingerprint density at radius 1 is 1.38 bits per heavy atom. The van der Waals surface area contributed by atoms with Crippen molar-refractivity contribution in [2.75, 3.05) is 19.7 Å². The summed E-state index contributed by atoms with van der Waals surface area (Å²) in [7, 11) is 0. The molecule has 2 amide bonds. The number of alkyl halides is 3. The number of carbonyl (C=O) groups is 2. The van der Waals surface area contributed by atoms with Gasteiger partial charge >= 0.3 is 6.18 Å². The average molecular weight is 363 g/mol. The normalized spacial score (nSPS) is 18.8. The molecule has 0 radical (unpaired) electrons. The number of nitrogens with two attached hydrogens (primary N) is 1. The third kappa shape index (κ3) is 4.48. The highest BCUT2D eigenvalue weighted by Crippen LogP contribution is 2.35. The Bertz CT molecular complexity index is 676. The van der Waals surface area contributed by atoms with Crippen molar-refractivity contribution in [2.45, 2.75) is 12.3 Å². The molecule has 1 aromatic carbocycles. The topological polar surface area (TPSA) is 72.6 Å². The SMILES string of the molecule is NC(=O)C1CN(C(=O)C=Cc2ccc(Cl)c(C(F)(F)F)c2)CCO1. The van der Waals surface area contributed by atoms with E-state index in [0.717, 1.165) is 18.2 Å². The van der Waals surface area contributed by atoms with E-state index in [2.05, 4.69) is 0 Å². The largest absolute Gasteiger partial charge is 0.417 e.